The average molecular weight is 391 g/mol. The van der Waals surface area contributed by atoms with Crippen LogP contribution in [0.1, 0.15) is 12.0 Å². The summed E-state index contributed by atoms with van der Waals surface area (Å²) in [6.45, 7) is 2.48. The van der Waals surface area contributed by atoms with E-state index in [0.717, 1.165) is 17.1 Å². The minimum atomic E-state index is -0.0930. The van der Waals surface area contributed by atoms with E-state index in [1.807, 2.05) is 25.2 Å². The second-order valence-corrected chi connectivity index (χ2v) is 6.80. The Balaban J connectivity index is 1.51. The van der Waals surface area contributed by atoms with Crippen molar-refractivity contribution in [2.75, 3.05) is 39.2 Å². The molecule has 3 rings (SSSR count). The number of anilines is 1. The molecule has 0 fully saturated rings. The summed E-state index contributed by atoms with van der Waals surface area (Å²) in [4.78, 5) is 14.4. The Kier molecular flexibility index (Phi) is 6.42. The van der Waals surface area contributed by atoms with Gasteiger partial charge in [-0.1, -0.05) is 17.7 Å². The molecule has 144 valence electrons. The number of carbonyl (C=O) groups excluding carboxylic acids is 1. The molecule has 0 saturated carbocycles. The highest BCUT2D eigenvalue weighted by Crippen LogP contribution is 2.31. The number of methoxy groups -OCH3 is 1. The Bertz CT molecular complexity index is 813. The third-order valence-electron chi connectivity index (χ3n) is 4.22. The van der Waals surface area contributed by atoms with Crippen LogP contribution < -0.4 is 19.5 Å². The molecule has 0 radical (unpaired) electrons. The van der Waals surface area contributed by atoms with Crippen LogP contribution >= 0.6 is 11.6 Å². The maximum atomic E-state index is 12.3. The van der Waals surface area contributed by atoms with Gasteiger partial charge in [-0.25, -0.2) is 0 Å². The van der Waals surface area contributed by atoms with E-state index in [1.165, 1.54) is 0 Å². The second-order valence-electron chi connectivity index (χ2n) is 6.36. The predicted octanol–water partition coefficient (Wildman–Crippen LogP) is 3.58. The van der Waals surface area contributed by atoms with Crippen LogP contribution in [-0.2, 0) is 11.3 Å². The zero-order valence-electron chi connectivity index (χ0n) is 15.5. The summed E-state index contributed by atoms with van der Waals surface area (Å²) in [7, 11) is 3.53. The van der Waals surface area contributed by atoms with Gasteiger partial charge in [-0.15, -0.1) is 0 Å². The lowest BCUT2D eigenvalue weighted by molar-refractivity contribution is -0.116. The molecule has 0 aliphatic carbocycles. The van der Waals surface area contributed by atoms with E-state index in [-0.39, 0.29) is 5.91 Å². The number of hydrogen-bond acceptors (Lipinski definition) is 5. The van der Waals surface area contributed by atoms with Crippen LogP contribution in [0.3, 0.4) is 0 Å². The molecule has 1 aliphatic rings. The number of amides is 1. The first-order chi connectivity index (χ1) is 13.0. The number of benzene rings is 2. The SMILES string of the molecule is COc1ccc(Cl)cc1NC(=O)CCN(C)Cc1ccc2c(c1)OCCO2. The first kappa shape index (κ1) is 19.3. The summed E-state index contributed by atoms with van der Waals surface area (Å²) in [5, 5.41) is 3.39. The number of halogens is 1. The lowest BCUT2D eigenvalue weighted by Crippen LogP contribution is -2.24. The zero-order valence-corrected chi connectivity index (χ0v) is 16.2. The van der Waals surface area contributed by atoms with Crippen molar-refractivity contribution in [3.63, 3.8) is 0 Å². The van der Waals surface area contributed by atoms with Crippen LogP contribution in [0.2, 0.25) is 5.02 Å². The molecule has 0 atom stereocenters. The van der Waals surface area contributed by atoms with Crippen molar-refractivity contribution >= 4 is 23.2 Å². The number of nitrogens with zero attached hydrogens (tertiary/aromatic N) is 1. The van der Waals surface area contributed by atoms with Crippen LogP contribution in [-0.4, -0.2) is 44.7 Å². The summed E-state index contributed by atoms with van der Waals surface area (Å²) in [6, 6.07) is 11.1. The highest BCUT2D eigenvalue weighted by atomic mass is 35.5. The summed E-state index contributed by atoms with van der Waals surface area (Å²) in [5.41, 5.74) is 1.68. The fourth-order valence-corrected chi connectivity index (χ4v) is 3.03. The molecule has 1 amide bonds. The molecule has 1 aliphatic heterocycles. The Morgan fingerprint density at radius 2 is 1.96 bits per heavy atom. The van der Waals surface area contributed by atoms with Gasteiger partial charge in [0.05, 0.1) is 12.8 Å². The molecule has 0 saturated heterocycles. The molecule has 1 heterocycles. The van der Waals surface area contributed by atoms with Gasteiger partial charge in [0, 0.05) is 24.5 Å². The molecule has 0 bridgehead atoms. The van der Waals surface area contributed by atoms with Crippen molar-refractivity contribution in [3.05, 3.63) is 47.0 Å². The van der Waals surface area contributed by atoms with Crippen molar-refractivity contribution < 1.29 is 19.0 Å². The van der Waals surface area contributed by atoms with E-state index >= 15 is 0 Å². The van der Waals surface area contributed by atoms with Crippen molar-refractivity contribution in [2.45, 2.75) is 13.0 Å². The maximum absolute atomic E-state index is 12.3. The molecule has 0 aromatic heterocycles. The lowest BCUT2D eigenvalue weighted by Gasteiger charge is -2.21. The maximum Gasteiger partial charge on any atom is 0.225 e. The Morgan fingerprint density at radius 1 is 1.19 bits per heavy atom. The van der Waals surface area contributed by atoms with Gasteiger partial charge in [-0.2, -0.15) is 0 Å². The summed E-state index contributed by atoms with van der Waals surface area (Å²) in [6.07, 6.45) is 0.358. The topological polar surface area (TPSA) is 60.0 Å². The first-order valence-corrected chi connectivity index (χ1v) is 9.13. The molecule has 7 heteroatoms. The van der Waals surface area contributed by atoms with Gasteiger partial charge in [0.1, 0.15) is 19.0 Å². The van der Waals surface area contributed by atoms with Gasteiger partial charge < -0.3 is 24.4 Å². The predicted molar refractivity (Wildman–Crippen MR) is 105 cm³/mol. The third-order valence-corrected chi connectivity index (χ3v) is 4.45. The number of nitrogens with one attached hydrogen (secondary N) is 1. The van der Waals surface area contributed by atoms with Crippen LogP contribution in [0.15, 0.2) is 36.4 Å². The molecule has 6 nitrogen and oxygen atoms in total. The number of ether oxygens (including phenoxy) is 3. The highest BCUT2D eigenvalue weighted by molar-refractivity contribution is 6.31. The van der Waals surface area contributed by atoms with Crippen molar-refractivity contribution in [2.24, 2.45) is 0 Å². The second kappa shape index (κ2) is 8.97. The first-order valence-electron chi connectivity index (χ1n) is 8.75. The molecule has 0 spiro atoms. The van der Waals surface area contributed by atoms with E-state index in [9.17, 15) is 4.79 Å². The molecular weight excluding hydrogens is 368 g/mol. The van der Waals surface area contributed by atoms with Gasteiger partial charge in [-0.3, -0.25) is 4.79 Å². The number of hydrogen-bond donors (Lipinski definition) is 1. The monoisotopic (exact) mass is 390 g/mol. The summed E-state index contributed by atoms with van der Waals surface area (Å²) in [5.74, 6) is 2.04. The number of rotatable bonds is 7. The van der Waals surface area contributed by atoms with Crippen LogP contribution in [0.25, 0.3) is 0 Å². The standard InChI is InChI=1S/C20H23ClN2O4/c1-23(13-14-3-5-18-19(11-14)27-10-9-26-18)8-7-20(24)22-16-12-15(21)4-6-17(16)25-2/h3-6,11-12H,7-10,13H2,1-2H3,(H,22,24). The quantitative estimate of drug-likeness (QED) is 0.783. The van der Waals surface area contributed by atoms with Gasteiger partial charge in [0.2, 0.25) is 5.91 Å². The molecule has 27 heavy (non-hydrogen) atoms. The van der Waals surface area contributed by atoms with Crippen molar-refractivity contribution in [3.8, 4) is 17.2 Å². The Hall–Kier alpha value is -2.44. The van der Waals surface area contributed by atoms with E-state index in [4.69, 9.17) is 25.8 Å². The van der Waals surface area contributed by atoms with Crippen LogP contribution in [0, 0.1) is 0 Å². The largest absolute Gasteiger partial charge is 0.495 e. The minimum Gasteiger partial charge on any atom is -0.495 e. The van der Waals surface area contributed by atoms with Crippen LogP contribution in [0.4, 0.5) is 5.69 Å². The Morgan fingerprint density at radius 3 is 2.74 bits per heavy atom. The smallest absolute Gasteiger partial charge is 0.225 e. The van der Waals surface area contributed by atoms with E-state index in [1.54, 1.807) is 25.3 Å². The molecule has 2 aromatic rings. The van der Waals surface area contributed by atoms with Gasteiger partial charge in [0.15, 0.2) is 11.5 Å². The van der Waals surface area contributed by atoms with Gasteiger partial charge >= 0.3 is 0 Å². The minimum absolute atomic E-state index is 0.0930. The molecular formula is C20H23ClN2O4. The third kappa shape index (κ3) is 5.28. The fourth-order valence-electron chi connectivity index (χ4n) is 2.86. The summed E-state index contributed by atoms with van der Waals surface area (Å²) < 4.78 is 16.4. The average Bonchev–Trinajstić information content (AvgIpc) is 2.66. The van der Waals surface area contributed by atoms with Crippen LogP contribution in [0.5, 0.6) is 17.2 Å². The van der Waals surface area contributed by atoms with Crippen molar-refractivity contribution in [1.29, 1.82) is 0 Å². The summed E-state index contributed by atoms with van der Waals surface area (Å²) >= 11 is 5.99. The Labute approximate surface area is 164 Å². The van der Waals surface area contributed by atoms with E-state index in [0.29, 0.717) is 49.2 Å². The molecule has 1 N–H and O–H groups in total. The van der Waals surface area contributed by atoms with E-state index < -0.39 is 0 Å². The fraction of sp³-hybridized carbons (Fsp3) is 0.350. The zero-order chi connectivity index (χ0) is 19.2. The normalized spacial score (nSPS) is 12.7. The molecule has 0 unspecified atom stereocenters. The van der Waals surface area contributed by atoms with E-state index in [2.05, 4.69) is 10.2 Å². The molecule has 2 aromatic carbocycles. The highest BCUT2D eigenvalue weighted by Gasteiger charge is 2.13. The number of fused-ring (bicyclic) bond motifs is 1. The lowest BCUT2D eigenvalue weighted by atomic mass is 10.2. The van der Waals surface area contributed by atoms with Gasteiger partial charge in [-0.05, 0) is 42.9 Å². The van der Waals surface area contributed by atoms with Crippen molar-refractivity contribution in [1.82, 2.24) is 4.90 Å². The van der Waals surface area contributed by atoms with Gasteiger partial charge in [0.25, 0.3) is 0 Å². The number of carbonyl (C=O) groups is 1.